The molecule has 2 saturated carbocycles. The Kier molecular flexibility index (Phi) is 4.39. The zero-order valence-electron chi connectivity index (χ0n) is 13.4. The van der Waals surface area contributed by atoms with Crippen LogP contribution in [0.15, 0.2) is 24.3 Å². The van der Waals surface area contributed by atoms with Crippen LogP contribution in [0.2, 0.25) is 0 Å². The summed E-state index contributed by atoms with van der Waals surface area (Å²) < 4.78 is 5.58. The van der Waals surface area contributed by atoms with E-state index in [9.17, 15) is 9.90 Å². The van der Waals surface area contributed by atoms with Crippen molar-refractivity contribution in [1.29, 1.82) is 0 Å². The molecule has 0 saturated heterocycles. The minimum Gasteiger partial charge on any atom is -0.493 e. The Morgan fingerprint density at radius 3 is 2.50 bits per heavy atom. The maximum absolute atomic E-state index is 12.8. The van der Waals surface area contributed by atoms with Crippen molar-refractivity contribution in [2.24, 2.45) is 11.8 Å². The number of para-hydroxylation sites is 1. The number of fused-ring (bicyclic) bond motifs is 1. The normalized spacial score (nSPS) is 30.1. The van der Waals surface area contributed by atoms with Gasteiger partial charge in [0.25, 0.3) is 5.91 Å². The molecule has 2 fully saturated rings. The Bertz CT molecular complexity index is 531. The van der Waals surface area contributed by atoms with Gasteiger partial charge in [-0.15, -0.1) is 0 Å². The first kappa shape index (κ1) is 15.3. The van der Waals surface area contributed by atoms with Gasteiger partial charge in [0.2, 0.25) is 0 Å². The second-order valence-electron chi connectivity index (χ2n) is 6.62. The summed E-state index contributed by atoms with van der Waals surface area (Å²) in [6, 6.07) is 7.74. The topological polar surface area (TPSA) is 49.8 Å². The average Bonchev–Trinajstić information content (AvgIpc) is 3.04. The first-order chi connectivity index (χ1) is 10.6. The van der Waals surface area contributed by atoms with Crippen molar-refractivity contribution in [2.75, 3.05) is 13.7 Å². The highest BCUT2D eigenvalue weighted by molar-refractivity contribution is 5.97. The highest BCUT2D eigenvalue weighted by Gasteiger charge is 2.43. The average molecular weight is 303 g/mol. The molecule has 22 heavy (non-hydrogen) atoms. The Morgan fingerprint density at radius 1 is 1.23 bits per heavy atom. The van der Waals surface area contributed by atoms with Crippen molar-refractivity contribution in [3.63, 3.8) is 0 Å². The van der Waals surface area contributed by atoms with Gasteiger partial charge in [-0.25, -0.2) is 0 Å². The van der Waals surface area contributed by atoms with Gasteiger partial charge in [0.05, 0.1) is 18.3 Å². The Hall–Kier alpha value is -1.55. The number of rotatable bonds is 4. The molecule has 2 aliphatic carbocycles. The standard InChI is InChI=1S/C18H25NO3/c1-3-22-17-7-5-4-6-16(17)18(21)19(2)14-8-12-10-15(20)11-13(12)9-14/h4-7,12-15,20H,3,8-11H2,1-2H3/t12-,13+,14?,15?. The lowest BCUT2D eigenvalue weighted by Gasteiger charge is -2.26. The summed E-state index contributed by atoms with van der Waals surface area (Å²) in [7, 11) is 1.90. The molecular weight excluding hydrogens is 278 g/mol. The molecule has 0 heterocycles. The third kappa shape index (κ3) is 2.84. The highest BCUT2D eigenvalue weighted by Crippen LogP contribution is 2.45. The van der Waals surface area contributed by atoms with Crippen molar-refractivity contribution in [3.05, 3.63) is 29.8 Å². The molecule has 4 atom stereocenters. The smallest absolute Gasteiger partial charge is 0.257 e. The van der Waals surface area contributed by atoms with Crippen molar-refractivity contribution in [2.45, 2.75) is 44.8 Å². The molecule has 2 unspecified atom stereocenters. The van der Waals surface area contributed by atoms with Crippen LogP contribution in [0.25, 0.3) is 0 Å². The second-order valence-corrected chi connectivity index (χ2v) is 6.62. The van der Waals surface area contributed by atoms with Gasteiger partial charge in [-0.1, -0.05) is 12.1 Å². The van der Waals surface area contributed by atoms with Crippen LogP contribution < -0.4 is 4.74 Å². The molecule has 1 N–H and O–H groups in total. The van der Waals surface area contributed by atoms with Crippen LogP contribution in [0.3, 0.4) is 0 Å². The number of amides is 1. The molecule has 1 aromatic carbocycles. The SMILES string of the molecule is CCOc1ccccc1C(=O)N(C)C1C[C@H]2CC(O)C[C@H]2C1. The molecule has 0 aromatic heterocycles. The maximum Gasteiger partial charge on any atom is 0.257 e. The van der Waals surface area contributed by atoms with E-state index in [1.54, 1.807) is 0 Å². The van der Waals surface area contributed by atoms with Crippen LogP contribution >= 0.6 is 0 Å². The number of carbonyl (C=O) groups excluding carboxylic acids is 1. The summed E-state index contributed by atoms with van der Waals surface area (Å²) in [6.07, 6.45) is 3.70. The lowest BCUT2D eigenvalue weighted by Crippen LogP contribution is -2.36. The highest BCUT2D eigenvalue weighted by atomic mass is 16.5. The van der Waals surface area contributed by atoms with E-state index in [1.807, 2.05) is 43.1 Å². The van der Waals surface area contributed by atoms with Crippen LogP contribution in [0.5, 0.6) is 5.75 Å². The third-order valence-electron chi connectivity index (χ3n) is 5.25. The van der Waals surface area contributed by atoms with E-state index >= 15 is 0 Å². The van der Waals surface area contributed by atoms with Crippen molar-refractivity contribution >= 4 is 5.91 Å². The summed E-state index contributed by atoms with van der Waals surface area (Å²) in [5.74, 6) is 1.86. The molecule has 3 rings (SSSR count). The second kappa shape index (κ2) is 6.29. The van der Waals surface area contributed by atoms with Gasteiger partial charge in [0, 0.05) is 13.1 Å². The van der Waals surface area contributed by atoms with Gasteiger partial charge in [-0.2, -0.15) is 0 Å². The quantitative estimate of drug-likeness (QED) is 0.930. The van der Waals surface area contributed by atoms with E-state index in [-0.39, 0.29) is 18.1 Å². The summed E-state index contributed by atoms with van der Waals surface area (Å²) in [4.78, 5) is 14.7. The van der Waals surface area contributed by atoms with E-state index in [0.717, 1.165) is 25.7 Å². The first-order valence-corrected chi connectivity index (χ1v) is 8.27. The van der Waals surface area contributed by atoms with Gasteiger partial charge < -0.3 is 14.7 Å². The van der Waals surface area contributed by atoms with Crippen molar-refractivity contribution in [3.8, 4) is 5.75 Å². The molecule has 1 aromatic rings. The van der Waals surface area contributed by atoms with Crippen LogP contribution in [0, 0.1) is 11.8 Å². The number of nitrogens with zero attached hydrogens (tertiary/aromatic N) is 1. The van der Waals surface area contributed by atoms with Gasteiger partial charge in [-0.05, 0) is 56.6 Å². The van der Waals surface area contributed by atoms with Crippen LogP contribution in [0.1, 0.15) is 43.0 Å². The van der Waals surface area contributed by atoms with Gasteiger partial charge >= 0.3 is 0 Å². The molecule has 120 valence electrons. The van der Waals surface area contributed by atoms with Crippen LogP contribution in [0.4, 0.5) is 0 Å². The summed E-state index contributed by atoms with van der Waals surface area (Å²) in [6.45, 7) is 2.48. The number of benzene rings is 1. The molecule has 1 amide bonds. The largest absolute Gasteiger partial charge is 0.493 e. The fraction of sp³-hybridized carbons (Fsp3) is 0.611. The monoisotopic (exact) mass is 303 g/mol. The lowest BCUT2D eigenvalue weighted by atomic mass is 10.0. The van der Waals surface area contributed by atoms with Crippen LogP contribution in [-0.2, 0) is 0 Å². The molecule has 0 aliphatic heterocycles. The number of hydrogen-bond acceptors (Lipinski definition) is 3. The molecule has 0 bridgehead atoms. The summed E-state index contributed by atoms with van der Waals surface area (Å²) in [5, 5.41) is 9.75. The fourth-order valence-electron chi connectivity index (χ4n) is 4.15. The number of aliphatic hydroxyl groups excluding tert-OH is 1. The number of ether oxygens (including phenoxy) is 1. The van der Waals surface area contributed by atoms with E-state index in [2.05, 4.69) is 0 Å². The number of aliphatic hydroxyl groups is 1. The van der Waals surface area contributed by atoms with E-state index in [0.29, 0.717) is 29.8 Å². The molecule has 0 radical (unpaired) electrons. The molecule has 0 spiro atoms. The lowest BCUT2D eigenvalue weighted by molar-refractivity contribution is 0.0718. The Labute approximate surface area is 132 Å². The van der Waals surface area contributed by atoms with Crippen molar-refractivity contribution in [1.82, 2.24) is 4.90 Å². The van der Waals surface area contributed by atoms with Crippen LogP contribution in [-0.4, -0.2) is 41.7 Å². The molecule has 4 heteroatoms. The molecule has 4 nitrogen and oxygen atoms in total. The maximum atomic E-state index is 12.8. The zero-order chi connectivity index (χ0) is 15.7. The third-order valence-corrected chi connectivity index (χ3v) is 5.25. The zero-order valence-corrected chi connectivity index (χ0v) is 13.4. The predicted octanol–water partition coefficient (Wildman–Crippen LogP) is 2.71. The minimum atomic E-state index is -0.129. The van der Waals surface area contributed by atoms with Crippen molar-refractivity contribution < 1.29 is 14.6 Å². The Balaban J connectivity index is 1.71. The molecule has 2 aliphatic rings. The summed E-state index contributed by atoms with van der Waals surface area (Å²) >= 11 is 0. The summed E-state index contributed by atoms with van der Waals surface area (Å²) in [5.41, 5.74) is 0.643. The van der Waals surface area contributed by atoms with Gasteiger partial charge in [0.15, 0.2) is 0 Å². The predicted molar refractivity (Wildman–Crippen MR) is 84.9 cm³/mol. The van der Waals surface area contributed by atoms with E-state index in [1.165, 1.54) is 0 Å². The Morgan fingerprint density at radius 2 is 1.86 bits per heavy atom. The minimum absolute atomic E-state index is 0.0366. The molecular formula is C18H25NO3. The fourth-order valence-corrected chi connectivity index (χ4v) is 4.15. The first-order valence-electron chi connectivity index (χ1n) is 8.27. The van der Waals surface area contributed by atoms with E-state index in [4.69, 9.17) is 4.74 Å². The van der Waals surface area contributed by atoms with Gasteiger partial charge in [-0.3, -0.25) is 4.79 Å². The number of hydrogen-bond donors (Lipinski definition) is 1. The van der Waals surface area contributed by atoms with E-state index < -0.39 is 0 Å². The number of carbonyl (C=O) groups is 1. The van der Waals surface area contributed by atoms with Gasteiger partial charge in [0.1, 0.15) is 5.75 Å².